The number of allylic oxidation sites excluding steroid dienone is 4. The van der Waals surface area contributed by atoms with E-state index in [1.165, 1.54) is 39.1 Å². The number of hydrogen-bond acceptors (Lipinski definition) is 24. The molecule has 0 radical (unpaired) electrons. The maximum absolute atomic E-state index is 14.2. The lowest BCUT2D eigenvalue weighted by molar-refractivity contribution is -0.138. The van der Waals surface area contributed by atoms with Gasteiger partial charge >= 0.3 is 12.2 Å². The number of ether oxygens (including phenoxy) is 4. The lowest BCUT2D eigenvalue weighted by Crippen LogP contribution is -2.52. The Morgan fingerprint density at radius 2 is 1.03 bits per heavy atom. The van der Waals surface area contributed by atoms with Gasteiger partial charge in [0, 0.05) is 49.1 Å². The predicted octanol–water partition coefficient (Wildman–Crippen LogP) is 5.87. The van der Waals surface area contributed by atoms with E-state index in [0.29, 0.717) is 127 Å². The van der Waals surface area contributed by atoms with Crippen LogP contribution in [0.2, 0.25) is 10.0 Å². The van der Waals surface area contributed by atoms with E-state index in [-0.39, 0.29) is 86.0 Å². The van der Waals surface area contributed by atoms with Gasteiger partial charge in [0.1, 0.15) is 41.7 Å². The lowest BCUT2D eigenvalue weighted by Gasteiger charge is -2.36. The molecule has 14 rings (SSSR count). The van der Waals surface area contributed by atoms with Gasteiger partial charge in [0.25, 0.3) is 21.7 Å². The van der Waals surface area contributed by atoms with Crippen molar-refractivity contribution in [1.29, 1.82) is 0 Å². The molecule has 10 N–H and O–H groups in total. The van der Waals surface area contributed by atoms with Gasteiger partial charge in [-0.1, -0.05) is 111 Å². The van der Waals surface area contributed by atoms with Crippen molar-refractivity contribution in [3.8, 4) is 11.5 Å². The third-order valence-corrected chi connectivity index (χ3v) is 27.6. The topological polar surface area (TPSA) is 452 Å². The molecule has 6 heterocycles. The van der Waals surface area contributed by atoms with Gasteiger partial charge < -0.3 is 61.5 Å². The molecule has 4 saturated heterocycles. The van der Waals surface area contributed by atoms with Gasteiger partial charge in [0.15, 0.2) is 0 Å². The van der Waals surface area contributed by atoms with Crippen molar-refractivity contribution >= 4 is 115 Å². The highest BCUT2D eigenvalue weighted by atomic mass is 35.5. The monoisotopic (exact) mass is 1720 g/mol. The number of amides is 8. The highest BCUT2D eigenvalue weighted by Crippen LogP contribution is 2.55. The molecule has 8 amide bonds. The molecule has 37 heteroatoms. The molecule has 6 aliphatic heterocycles. The molecular weight excluding hydrogens is 1620 g/mol. The molecule has 4 aliphatic carbocycles. The van der Waals surface area contributed by atoms with Crippen LogP contribution in [0, 0.1) is 22.7 Å². The first-order valence-corrected chi connectivity index (χ1v) is 44.0. The number of carbonyl (C=O) groups excluding carboxylic acids is 8. The van der Waals surface area contributed by atoms with E-state index < -0.39 is 147 Å². The van der Waals surface area contributed by atoms with Crippen LogP contribution in [0.15, 0.2) is 79.9 Å². The third-order valence-electron chi connectivity index (χ3n) is 23.3. The molecule has 10 atom stereocenters. The number of hydrogen-bond donors (Lipinski definition) is 7. The van der Waals surface area contributed by atoms with Crippen molar-refractivity contribution in [2.45, 2.75) is 229 Å². The minimum Gasteiger partial charge on any atom is -0.486 e. The Morgan fingerprint density at radius 1 is 0.598 bits per heavy atom. The summed E-state index contributed by atoms with van der Waals surface area (Å²) in [5.41, 5.74) is 17.6. The molecule has 0 bridgehead atoms. The summed E-state index contributed by atoms with van der Waals surface area (Å²) in [7, 11) is -7.14. The van der Waals surface area contributed by atoms with Gasteiger partial charge in [-0.15, -0.1) is 12.4 Å². The van der Waals surface area contributed by atoms with Crippen LogP contribution < -0.4 is 73.4 Å². The van der Waals surface area contributed by atoms with E-state index in [1.54, 1.807) is 39.8 Å². The Bertz CT molecular complexity index is 4770. The molecule has 0 spiro atoms. The standard InChI is InChI=1S/C38H47ClN6O9S.C31H42ClN5O7S.C8H10O4.C3H7N.ClH/c1-38(36(50)42-55(52,53)25-13-14-25)18-23(38)10-5-3-2-4-6-12-28(41-30-31(33(47)32(30)46)43-15-8-16-43)35(49)45-20-24(17-29(45)34(40)48)54-37(51)44-19-22-9-7-11-27(39)26(22)21-44;1-31(29(40)35-45(42,43)22-12-13-22)15-20(31)9-5-3-2-4-6-11-25(33)28(39)37-17-21(14-26(37)27(34)38)44-30(41)36-16-19-8-7-10-24(32)23(19)18-36;1-3-11-7-5(9)6(10)8(7)12-4-2;1-2-4-3-1;/h5,7,9-11,23-25,28-29,41H,2-4,6,8,12-21H2,1H3,(H2,40,48)(H,42,50);5,7-10,20-22,25-26H,2-4,6,11-18,33H2,1H3,(H2,34,38)(H,35,40);3-4H2,1-2H3;4H,1-3H2;1H/b10-5-;9-5-;;;/t23-,24-,28+,29+,38+;20-,21-,25+,26+,31+;;;/m11.../s1. The predicted molar refractivity (Wildman–Crippen MR) is 440 cm³/mol. The van der Waals surface area contributed by atoms with E-state index in [0.717, 1.165) is 54.4 Å². The van der Waals surface area contributed by atoms with Crippen LogP contribution in [0.1, 0.15) is 178 Å². The number of primary amides is 2. The number of nitrogens with zero attached hydrogens (tertiary/aromatic N) is 5. The zero-order valence-corrected chi connectivity index (χ0v) is 70.2. The first-order valence-electron chi connectivity index (χ1n) is 40.2. The molecule has 117 heavy (non-hydrogen) atoms. The van der Waals surface area contributed by atoms with Gasteiger partial charge in [0.2, 0.25) is 67.0 Å². The molecule has 8 fully saturated rings. The number of nitrogens with two attached hydrogens (primary N) is 3. The van der Waals surface area contributed by atoms with Crippen molar-refractivity contribution in [3.63, 3.8) is 0 Å². The second-order valence-corrected chi connectivity index (χ2v) is 36.8. The van der Waals surface area contributed by atoms with Crippen LogP contribution in [-0.2, 0) is 84.5 Å². The summed E-state index contributed by atoms with van der Waals surface area (Å²) in [5.74, 6) is -3.06. The van der Waals surface area contributed by atoms with E-state index in [1.807, 2.05) is 53.5 Å². The summed E-state index contributed by atoms with van der Waals surface area (Å²) in [6.45, 7) is 12.8. The summed E-state index contributed by atoms with van der Waals surface area (Å²) >= 11 is 12.6. The average Bonchev–Trinajstić information content (AvgIpc) is 1.62. The van der Waals surface area contributed by atoms with Gasteiger partial charge in [0.05, 0.1) is 66.8 Å². The third kappa shape index (κ3) is 21.9. The molecule has 4 aromatic rings. The van der Waals surface area contributed by atoms with Crippen LogP contribution in [-0.4, -0.2) is 183 Å². The number of fused-ring (bicyclic) bond motifs is 2. The summed E-state index contributed by atoms with van der Waals surface area (Å²) in [6.07, 6.45) is 18.0. The zero-order valence-electron chi connectivity index (χ0n) is 66.3. The fraction of sp³-hybridized carbons (Fsp3) is 0.600. The van der Waals surface area contributed by atoms with E-state index >= 15 is 0 Å². The lowest BCUT2D eigenvalue weighted by atomic mass is 10.0. The van der Waals surface area contributed by atoms with Gasteiger partial charge in [-0.05, 0) is 163 Å². The van der Waals surface area contributed by atoms with E-state index in [2.05, 4.69) is 20.1 Å². The highest BCUT2D eigenvalue weighted by molar-refractivity contribution is 7.91. The minimum atomic E-state index is -3.60. The van der Waals surface area contributed by atoms with Gasteiger partial charge in [-0.25, -0.2) is 26.4 Å². The first-order chi connectivity index (χ1) is 55.2. The second kappa shape index (κ2) is 39.0. The van der Waals surface area contributed by atoms with Crippen molar-refractivity contribution in [2.24, 2.45) is 39.9 Å². The number of rotatable bonds is 33. The number of benzene rings is 2. The fourth-order valence-corrected chi connectivity index (χ4v) is 18.4. The van der Waals surface area contributed by atoms with Crippen LogP contribution in [0.25, 0.3) is 0 Å². The van der Waals surface area contributed by atoms with Crippen molar-refractivity contribution in [3.05, 3.63) is 134 Å². The van der Waals surface area contributed by atoms with Crippen molar-refractivity contribution in [1.82, 2.24) is 34.4 Å². The van der Waals surface area contributed by atoms with Crippen LogP contribution in [0.3, 0.4) is 0 Å². The SMILES string of the molecule is C1CNC1.CCOc1c(OCC)c(=O)c1=O.C[C@]1(C(=O)NS(=O)(=O)C2CC2)C[C@H]1/C=C\CCCCC[C@H](N)C(=O)N1C[C@H](OC(=O)N2Cc3cccc(Cl)c3C2)C[C@H]1C(N)=O.C[C@]1(C(=O)NS(=O)(=O)C2CC2)C[C@H]1/C=C\CCCCC[C@H](Nc1c(N2CCC2)c(=O)c1=O)C(=O)N1C[C@H](OC(=O)N2Cc3cccc(Cl)c3C2)C[C@H]1C(N)=O.Cl. The van der Waals surface area contributed by atoms with E-state index in [4.69, 9.17) is 59.4 Å². The molecule has 0 aromatic heterocycles. The average molecular weight is 1730 g/mol. The maximum Gasteiger partial charge on any atom is 0.410 e. The molecule has 32 nitrogen and oxygen atoms in total. The fourth-order valence-electron chi connectivity index (χ4n) is 15.1. The smallest absolute Gasteiger partial charge is 0.410 e. The Hall–Kier alpha value is -8.67. The maximum atomic E-state index is 14.2. The highest BCUT2D eigenvalue weighted by Gasteiger charge is 2.57. The Balaban J connectivity index is 0.000000208. The van der Waals surface area contributed by atoms with E-state index in [9.17, 15) is 74.4 Å². The minimum absolute atomic E-state index is 0. The largest absolute Gasteiger partial charge is 0.486 e. The van der Waals surface area contributed by atoms with Crippen molar-refractivity contribution < 1.29 is 74.1 Å². The van der Waals surface area contributed by atoms with Gasteiger partial charge in [-0.2, -0.15) is 0 Å². The van der Waals surface area contributed by atoms with Gasteiger partial charge in [-0.3, -0.25) is 67.2 Å². The normalized spacial score (nSPS) is 23.9. The Labute approximate surface area is 696 Å². The number of sulfonamides is 2. The molecule has 4 saturated carbocycles. The van der Waals surface area contributed by atoms with Crippen LogP contribution in [0.5, 0.6) is 11.5 Å². The number of anilines is 2. The molecular formula is C80H107Cl3N12O20S2. The molecule has 4 aromatic carbocycles. The summed E-state index contributed by atoms with van der Waals surface area (Å²) in [4.78, 5) is 158. The number of unbranched alkanes of at least 4 members (excludes halogenated alkanes) is 6. The quantitative estimate of drug-likeness (QED) is 0.0166. The first kappa shape index (κ1) is 90.7. The molecule has 10 aliphatic rings. The molecule has 640 valence electrons. The number of halogens is 3. The summed E-state index contributed by atoms with van der Waals surface area (Å²) in [5, 5.41) is 6.42. The number of likely N-dealkylation sites (tertiary alicyclic amines) is 2. The second-order valence-electron chi connectivity index (χ2n) is 32.0. The molecule has 0 unspecified atom stereocenters. The van der Waals surface area contributed by atoms with Crippen molar-refractivity contribution in [2.75, 3.05) is 62.7 Å². The summed E-state index contributed by atoms with van der Waals surface area (Å²) in [6, 6.07) is 7.25. The Kier molecular flexibility index (Phi) is 30.2. The number of carbonyl (C=O) groups is 8. The number of nitrogens with one attached hydrogen (secondary N) is 4. The Morgan fingerprint density at radius 3 is 1.41 bits per heavy atom. The zero-order chi connectivity index (χ0) is 83.7. The van der Waals surface area contributed by atoms with Crippen LogP contribution >= 0.6 is 35.6 Å². The van der Waals surface area contributed by atoms with Crippen LogP contribution in [0.4, 0.5) is 21.0 Å². The summed E-state index contributed by atoms with van der Waals surface area (Å²) < 4.78 is 74.3.